The summed E-state index contributed by atoms with van der Waals surface area (Å²) in [6.45, 7) is 8.94. The highest BCUT2D eigenvalue weighted by molar-refractivity contribution is 5.70. The van der Waals surface area contributed by atoms with Gasteiger partial charge in [-0.3, -0.25) is 0 Å². The van der Waals surface area contributed by atoms with Crippen LogP contribution in [0, 0.1) is 5.92 Å². The molecule has 6 atom stereocenters. The molecule has 0 radical (unpaired) electrons. The number of carboxylic acid groups (broad SMARTS) is 1. The highest BCUT2D eigenvalue weighted by atomic mass is 16.6. The van der Waals surface area contributed by atoms with Crippen molar-refractivity contribution < 1.29 is 38.4 Å². The van der Waals surface area contributed by atoms with Crippen LogP contribution in [0.4, 0.5) is 4.79 Å². The lowest BCUT2D eigenvalue weighted by Gasteiger charge is -2.48. The number of epoxide rings is 2. The Morgan fingerprint density at radius 3 is 2.50 bits per heavy atom. The summed E-state index contributed by atoms with van der Waals surface area (Å²) >= 11 is 0. The minimum absolute atomic E-state index is 0.0253. The van der Waals surface area contributed by atoms with Crippen LogP contribution in [0.3, 0.4) is 0 Å². The van der Waals surface area contributed by atoms with Crippen molar-refractivity contribution in [2.45, 2.75) is 82.1 Å². The van der Waals surface area contributed by atoms with E-state index in [0.717, 1.165) is 12.8 Å². The van der Waals surface area contributed by atoms with E-state index in [1.165, 1.54) is 10.5 Å². The van der Waals surface area contributed by atoms with E-state index in [1.54, 1.807) is 14.0 Å². The van der Waals surface area contributed by atoms with Crippen molar-refractivity contribution in [3.63, 3.8) is 0 Å². The third kappa shape index (κ3) is 4.40. The molecule has 3 saturated heterocycles. The SMILES string of the molecule is CO[C@@H]1[C@H](OC(=O)N2CC(C)(OCC(=O)O)C2)CC[C@]2(CO2)[C@H]1[C@@]1(C)O[C@@H]1CC=C(C)C. The van der Waals surface area contributed by atoms with Gasteiger partial charge in [0.05, 0.1) is 31.7 Å². The molecule has 3 heterocycles. The standard InChI is InChI=1S/C23H35NO8/c1-14(2)6-7-16-22(4,32-16)19-18(28-5)15(8-9-23(19)13-30-23)31-20(27)24-11-21(3,12-24)29-10-17(25)26/h6,15-16,18-19H,7-13H2,1-5H3,(H,25,26)/t15-,16-,18-,19-,22+,23+/m1/s1. The second kappa shape index (κ2) is 8.27. The van der Waals surface area contributed by atoms with Crippen molar-refractivity contribution in [2.75, 3.05) is 33.4 Å². The largest absolute Gasteiger partial charge is 0.480 e. The van der Waals surface area contributed by atoms with Crippen molar-refractivity contribution in [2.24, 2.45) is 5.92 Å². The summed E-state index contributed by atoms with van der Waals surface area (Å²) in [6.07, 6.45) is 3.43. The van der Waals surface area contributed by atoms with Crippen LogP contribution < -0.4 is 0 Å². The average Bonchev–Trinajstić information content (AvgIpc) is 3.61. The first-order valence-corrected chi connectivity index (χ1v) is 11.3. The zero-order valence-electron chi connectivity index (χ0n) is 19.6. The molecule has 1 amide bonds. The Kier molecular flexibility index (Phi) is 6.07. The van der Waals surface area contributed by atoms with E-state index in [4.69, 9.17) is 28.8 Å². The topological polar surface area (TPSA) is 110 Å². The molecule has 4 rings (SSSR count). The maximum absolute atomic E-state index is 12.8. The molecule has 4 fully saturated rings. The maximum atomic E-state index is 12.8. The number of nitrogens with zero attached hydrogens (tertiary/aromatic N) is 1. The van der Waals surface area contributed by atoms with E-state index in [1.807, 2.05) is 0 Å². The number of ether oxygens (including phenoxy) is 5. The third-order valence-electron chi connectivity index (χ3n) is 7.34. The van der Waals surface area contributed by atoms with Crippen LogP contribution in [0.25, 0.3) is 0 Å². The zero-order chi connectivity index (χ0) is 23.3. The van der Waals surface area contributed by atoms with Gasteiger partial charge in [-0.15, -0.1) is 0 Å². The number of likely N-dealkylation sites (tertiary alicyclic amines) is 1. The number of methoxy groups -OCH3 is 1. The van der Waals surface area contributed by atoms with Gasteiger partial charge < -0.3 is 33.7 Å². The predicted octanol–water partition coefficient (Wildman–Crippen LogP) is 2.37. The first-order valence-electron chi connectivity index (χ1n) is 11.3. The molecule has 1 N–H and O–H groups in total. The summed E-state index contributed by atoms with van der Waals surface area (Å²) in [7, 11) is 1.65. The Morgan fingerprint density at radius 1 is 1.25 bits per heavy atom. The number of carbonyl (C=O) groups excluding carboxylic acids is 1. The molecular formula is C23H35NO8. The molecule has 4 aliphatic rings. The van der Waals surface area contributed by atoms with Crippen molar-refractivity contribution in [3.05, 3.63) is 11.6 Å². The first kappa shape index (κ1) is 23.5. The quantitative estimate of drug-likeness (QED) is 0.441. The Bertz CT molecular complexity index is 783. The molecule has 0 aromatic rings. The Morgan fingerprint density at radius 2 is 1.94 bits per heavy atom. The number of carboxylic acids is 1. The minimum Gasteiger partial charge on any atom is -0.480 e. The van der Waals surface area contributed by atoms with Gasteiger partial charge in [-0.1, -0.05) is 11.6 Å². The normalized spacial score (nSPS) is 39.2. The van der Waals surface area contributed by atoms with Crippen LogP contribution >= 0.6 is 0 Å². The summed E-state index contributed by atoms with van der Waals surface area (Å²) in [5.41, 5.74) is -0.0495. The van der Waals surface area contributed by atoms with Gasteiger partial charge in [-0.25, -0.2) is 9.59 Å². The van der Waals surface area contributed by atoms with Crippen LogP contribution in [0.5, 0.6) is 0 Å². The molecule has 1 spiro atoms. The second-order valence-corrected chi connectivity index (χ2v) is 10.3. The lowest BCUT2D eigenvalue weighted by molar-refractivity contribution is -0.165. The molecule has 1 saturated carbocycles. The van der Waals surface area contributed by atoms with E-state index in [-0.39, 0.29) is 35.9 Å². The summed E-state index contributed by atoms with van der Waals surface area (Å²) in [4.78, 5) is 25.1. The number of carbonyl (C=O) groups is 2. The minimum atomic E-state index is -1.03. The van der Waals surface area contributed by atoms with Crippen molar-refractivity contribution in [1.82, 2.24) is 4.90 Å². The van der Waals surface area contributed by atoms with Crippen molar-refractivity contribution in [3.8, 4) is 0 Å². The van der Waals surface area contributed by atoms with Gasteiger partial charge in [-0.05, 0) is 47.0 Å². The number of aliphatic carboxylic acids is 1. The van der Waals surface area contributed by atoms with Gasteiger partial charge in [0.25, 0.3) is 0 Å². The molecule has 32 heavy (non-hydrogen) atoms. The first-order chi connectivity index (χ1) is 15.0. The molecular weight excluding hydrogens is 418 g/mol. The smallest absolute Gasteiger partial charge is 0.410 e. The lowest BCUT2D eigenvalue weighted by Crippen LogP contribution is -2.64. The highest BCUT2D eigenvalue weighted by Gasteiger charge is 2.72. The summed E-state index contributed by atoms with van der Waals surface area (Å²) in [6, 6.07) is 0. The van der Waals surface area contributed by atoms with Gasteiger partial charge in [-0.2, -0.15) is 0 Å². The molecule has 9 nitrogen and oxygen atoms in total. The van der Waals surface area contributed by atoms with Crippen LogP contribution in [-0.2, 0) is 28.5 Å². The van der Waals surface area contributed by atoms with Crippen molar-refractivity contribution >= 4 is 12.1 Å². The fourth-order valence-electron chi connectivity index (χ4n) is 5.49. The summed E-state index contributed by atoms with van der Waals surface area (Å²) in [5, 5.41) is 8.80. The lowest BCUT2D eigenvalue weighted by atomic mass is 9.68. The third-order valence-corrected chi connectivity index (χ3v) is 7.34. The number of rotatable bonds is 8. The molecule has 0 aromatic carbocycles. The molecule has 0 bridgehead atoms. The highest BCUT2D eigenvalue weighted by Crippen LogP contribution is 2.59. The number of hydrogen-bond acceptors (Lipinski definition) is 7. The maximum Gasteiger partial charge on any atom is 0.410 e. The molecule has 0 aromatic heterocycles. The second-order valence-electron chi connectivity index (χ2n) is 10.3. The molecule has 180 valence electrons. The number of allylic oxidation sites excluding steroid dienone is 1. The van der Waals surface area contributed by atoms with E-state index in [0.29, 0.717) is 26.1 Å². The fraction of sp³-hybridized carbons (Fsp3) is 0.826. The average molecular weight is 454 g/mol. The van der Waals surface area contributed by atoms with Gasteiger partial charge in [0, 0.05) is 7.11 Å². The number of amides is 1. The Hall–Kier alpha value is -1.68. The molecule has 3 aliphatic heterocycles. The summed E-state index contributed by atoms with van der Waals surface area (Å²) < 4.78 is 29.3. The van der Waals surface area contributed by atoms with Crippen LogP contribution in [0.15, 0.2) is 11.6 Å². The summed E-state index contributed by atoms with van der Waals surface area (Å²) in [5.74, 6) is -1.05. The number of hydrogen-bond donors (Lipinski definition) is 1. The Labute approximate surface area is 188 Å². The fourth-order valence-corrected chi connectivity index (χ4v) is 5.49. The van der Waals surface area contributed by atoms with E-state index in [2.05, 4.69) is 26.8 Å². The van der Waals surface area contributed by atoms with E-state index >= 15 is 0 Å². The Balaban J connectivity index is 1.39. The van der Waals surface area contributed by atoms with Gasteiger partial charge in [0.2, 0.25) is 0 Å². The molecule has 9 heteroatoms. The molecule has 1 aliphatic carbocycles. The van der Waals surface area contributed by atoms with Crippen LogP contribution in [0.2, 0.25) is 0 Å². The van der Waals surface area contributed by atoms with Crippen LogP contribution in [-0.4, -0.2) is 90.6 Å². The van der Waals surface area contributed by atoms with Crippen LogP contribution in [0.1, 0.15) is 47.0 Å². The van der Waals surface area contributed by atoms with Gasteiger partial charge in [0.1, 0.15) is 35.6 Å². The van der Waals surface area contributed by atoms with Gasteiger partial charge in [0.15, 0.2) is 0 Å². The monoisotopic (exact) mass is 453 g/mol. The van der Waals surface area contributed by atoms with Gasteiger partial charge >= 0.3 is 12.1 Å². The zero-order valence-corrected chi connectivity index (χ0v) is 19.6. The van der Waals surface area contributed by atoms with Crippen molar-refractivity contribution in [1.29, 1.82) is 0 Å². The molecule has 0 unspecified atom stereocenters. The predicted molar refractivity (Wildman–Crippen MR) is 113 cm³/mol. The van der Waals surface area contributed by atoms with E-state index < -0.39 is 23.8 Å². The van der Waals surface area contributed by atoms with E-state index in [9.17, 15) is 9.59 Å².